The lowest BCUT2D eigenvalue weighted by molar-refractivity contribution is 0.354. The molecule has 0 saturated carbocycles. The molecule has 1 aromatic heterocycles. The van der Waals surface area contributed by atoms with Crippen molar-refractivity contribution in [2.24, 2.45) is 5.92 Å². The van der Waals surface area contributed by atoms with E-state index in [1.54, 1.807) is 11.8 Å². The number of thioether (sulfide) groups is 1. The molecule has 1 N–H and O–H groups in total. The van der Waals surface area contributed by atoms with Crippen molar-refractivity contribution in [1.82, 2.24) is 15.5 Å². The highest BCUT2D eigenvalue weighted by Crippen LogP contribution is 2.22. The zero-order valence-electron chi connectivity index (χ0n) is 11.6. The average molecular weight is 289 g/mol. The second-order valence-corrected chi connectivity index (χ2v) is 6.32. The number of aromatic nitrogens is 2. The Kier molecular flexibility index (Phi) is 4.38. The summed E-state index contributed by atoms with van der Waals surface area (Å²) in [5.41, 5.74) is 1.28. The van der Waals surface area contributed by atoms with Crippen LogP contribution in [-0.2, 0) is 12.2 Å². The summed E-state index contributed by atoms with van der Waals surface area (Å²) in [4.78, 5) is 5.72. The lowest BCUT2D eigenvalue weighted by atomic mass is 10.1. The molecule has 0 amide bonds. The molecule has 0 bridgehead atoms. The highest BCUT2D eigenvalue weighted by molar-refractivity contribution is 7.98. The second-order valence-electron chi connectivity index (χ2n) is 5.27. The van der Waals surface area contributed by atoms with E-state index in [2.05, 4.69) is 46.6 Å². The fourth-order valence-corrected chi connectivity index (χ4v) is 3.09. The third kappa shape index (κ3) is 3.61. The summed E-state index contributed by atoms with van der Waals surface area (Å²) in [5, 5.41) is 7.42. The minimum Gasteiger partial charge on any atom is -0.339 e. The molecule has 20 heavy (non-hydrogen) atoms. The van der Waals surface area contributed by atoms with E-state index < -0.39 is 0 Å². The smallest absolute Gasteiger partial charge is 0.226 e. The number of aryl methyl sites for hydroxylation is 1. The molecule has 1 unspecified atom stereocenters. The first-order chi connectivity index (χ1) is 9.79. The molecule has 3 rings (SSSR count). The number of nitrogens with zero attached hydrogens (tertiary/aromatic N) is 2. The van der Waals surface area contributed by atoms with Crippen LogP contribution < -0.4 is 5.32 Å². The summed E-state index contributed by atoms with van der Waals surface area (Å²) in [7, 11) is 0. The Bertz CT molecular complexity index is 547. The number of benzene rings is 1. The van der Waals surface area contributed by atoms with Gasteiger partial charge < -0.3 is 9.84 Å². The first-order valence-electron chi connectivity index (χ1n) is 7.01. The van der Waals surface area contributed by atoms with Crippen molar-refractivity contribution in [1.29, 1.82) is 0 Å². The monoisotopic (exact) mass is 289 g/mol. The molecule has 4 nitrogen and oxygen atoms in total. The second kappa shape index (κ2) is 6.41. The maximum atomic E-state index is 5.33. The van der Waals surface area contributed by atoms with Gasteiger partial charge in [0.25, 0.3) is 0 Å². The Morgan fingerprint density at radius 2 is 2.20 bits per heavy atom. The van der Waals surface area contributed by atoms with Gasteiger partial charge in [0.1, 0.15) is 0 Å². The van der Waals surface area contributed by atoms with Crippen LogP contribution in [0.5, 0.6) is 0 Å². The van der Waals surface area contributed by atoms with E-state index in [1.807, 2.05) is 0 Å². The van der Waals surface area contributed by atoms with Crippen molar-refractivity contribution in [2.45, 2.75) is 30.4 Å². The lowest BCUT2D eigenvalue weighted by Crippen LogP contribution is -2.10. The molecule has 1 aliphatic heterocycles. The van der Waals surface area contributed by atoms with Crippen LogP contribution in [0.1, 0.15) is 23.7 Å². The molecule has 1 atom stereocenters. The van der Waals surface area contributed by atoms with Crippen molar-refractivity contribution < 1.29 is 4.52 Å². The van der Waals surface area contributed by atoms with Gasteiger partial charge in [-0.05, 0) is 44.5 Å². The van der Waals surface area contributed by atoms with Gasteiger partial charge in [0.2, 0.25) is 5.89 Å². The van der Waals surface area contributed by atoms with E-state index in [1.165, 1.54) is 16.9 Å². The van der Waals surface area contributed by atoms with Gasteiger partial charge in [-0.2, -0.15) is 4.98 Å². The summed E-state index contributed by atoms with van der Waals surface area (Å²) in [6.07, 6.45) is 2.10. The number of nitrogens with one attached hydrogen (secondary N) is 1. The Hall–Kier alpha value is -1.33. The minimum atomic E-state index is 0.646. The van der Waals surface area contributed by atoms with Gasteiger partial charge in [0, 0.05) is 11.3 Å². The van der Waals surface area contributed by atoms with Gasteiger partial charge in [0.15, 0.2) is 5.82 Å². The summed E-state index contributed by atoms with van der Waals surface area (Å²) < 4.78 is 5.33. The Balaban J connectivity index is 1.52. The van der Waals surface area contributed by atoms with Crippen LogP contribution in [0, 0.1) is 12.8 Å². The fourth-order valence-electron chi connectivity index (χ4n) is 2.35. The SMILES string of the molecule is Cc1ccc(SCc2noc(CC3CCNC3)n2)cc1. The van der Waals surface area contributed by atoms with Crippen LogP contribution in [0.2, 0.25) is 0 Å². The first-order valence-corrected chi connectivity index (χ1v) is 8.00. The van der Waals surface area contributed by atoms with Gasteiger partial charge in [-0.1, -0.05) is 22.9 Å². The predicted molar refractivity (Wildman–Crippen MR) is 79.7 cm³/mol. The van der Waals surface area contributed by atoms with Crippen molar-refractivity contribution in [3.05, 3.63) is 41.5 Å². The molecule has 0 aliphatic carbocycles. The van der Waals surface area contributed by atoms with E-state index in [0.717, 1.165) is 37.0 Å². The number of hydrogen-bond donors (Lipinski definition) is 1. The molecule has 1 saturated heterocycles. The molecule has 1 fully saturated rings. The zero-order valence-corrected chi connectivity index (χ0v) is 12.4. The summed E-state index contributed by atoms with van der Waals surface area (Å²) in [6, 6.07) is 8.50. The Morgan fingerprint density at radius 1 is 1.35 bits per heavy atom. The van der Waals surface area contributed by atoms with E-state index in [4.69, 9.17) is 4.52 Å². The predicted octanol–water partition coefficient (Wildman–Crippen LogP) is 2.82. The maximum Gasteiger partial charge on any atom is 0.226 e. The van der Waals surface area contributed by atoms with E-state index >= 15 is 0 Å². The Labute approximate surface area is 123 Å². The van der Waals surface area contributed by atoms with E-state index in [-0.39, 0.29) is 0 Å². The first kappa shape index (κ1) is 13.6. The molecule has 0 spiro atoms. The summed E-state index contributed by atoms with van der Waals surface area (Å²) >= 11 is 1.74. The van der Waals surface area contributed by atoms with Gasteiger partial charge >= 0.3 is 0 Å². The maximum absolute atomic E-state index is 5.33. The highest BCUT2D eigenvalue weighted by atomic mass is 32.2. The molecule has 1 aromatic carbocycles. The van der Waals surface area contributed by atoms with Crippen LogP contribution in [0.15, 0.2) is 33.7 Å². The quantitative estimate of drug-likeness (QED) is 0.858. The largest absolute Gasteiger partial charge is 0.339 e. The summed E-state index contributed by atoms with van der Waals surface area (Å²) in [6.45, 7) is 4.27. The zero-order chi connectivity index (χ0) is 13.8. The molecule has 1 aliphatic rings. The van der Waals surface area contributed by atoms with Crippen molar-refractivity contribution in [2.75, 3.05) is 13.1 Å². The molecule has 2 aromatic rings. The van der Waals surface area contributed by atoms with Crippen LogP contribution in [-0.4, -0.2) is 23.2 Å². The molecular weight excluding hydrogens is 270 g/mol. The minimum absolute atomic E-state index is 0.646. The van der Waals surface area contributed by atoms with Crippen molar-refractivity contribution in [3.8, 4) is 0 Å². The number of hydrogen-bond acceptors (Lipinski definition) is 5. The van der Waals surface area contributed by atoms with Gasteiger partial charge in [-0.15, -0.1) is 11.8 Å². The van der Waals surface area contributed by atoms with Gasteiger partial charge in [-0.25, -0.2) is 0 Å². The molecule has 0 radical (unpaired) electrons. The molecule has 106 valence electrons. The molecular formula is C15H19N3OS. The topological polar surface area (TPSA) is 51.0 Å². The van der Waals surface area contributed by atoms with Crippen LogP contribution in [0.4, 0.5) is 0 Å². The normalized spacial score (nSPS) is 18.6. The van der Waals surface area contributed by atoms with E-state index in [0.29, 0.717) is 5.92 Å². The van der Waals surface area contributed by atoms with Gasteiger partial charge in [0.05, 0.1) is 5.75 Å². The summed E-state index contributed by atoms with van der Waals surface area (Å²) in [5.74, 6) is 2.97. The standard InChI is InChI=1S/C15H19N3OS/c1-11-2-4-13(5-3-11)20-10-14-17-15(19-18-14)8-12-6-7-16-9-12/h2-5,12,16H,6-10H2,1H3. The van der Waals surface area contributed by atoms with Crippen molar-refractivity contribution in [3.63, 3.8) is 0 Å². The van der Waals surface area contributed by atoms with Crippen LogP contribution >= 0.6 is 11.8 Å². The van der Waals surface area contributed by atoms with Crippen LogP contribution in [0.25, 0.3) is 0 Å². The fraction of sp³-hybridized carbons (Fsp3) is 0.467. The molecule has 2 heterocycles. The van der Waals surface area contributed by atoms with Crippen LogP contribution in [0.3, 0.4) is 0 Å². The third-order valence-corrected chi connectivity index (χ3v) is 4.53. The van der Waals surface area contributed by atoms with Gasteiger partial charge in [-0.3, -0.25) is 0 Å². The number of rotatable bonds is 5. The highest BCUT2D eigenvalue weighted by Gasteiger charge is 2.18. The Morgan fingerprint density at radius 3 is 2.95 bits per heavy atom. The van der Waals surface area contributed by atoms with E-state index in [9.17, 15) is 0 Å². The average Bonchev–Trinajstić information content (AvgIpc) is 3.11. The molecule has 5 heteroatoms. The van der Waals surface area contributed by atoms with Crippen molar-refractivity contribution >= 4 is 11.8 Å². The lowest BCUT2D eigenvalue weighted by Gasteiger charge is -2.01. The third-order valence-electron chi connectivity index (χ3n) is 3.52.